The summed E-state index contributed by atoms with van der Waals surface area (Å²) in [5.41, 5.74) is 2.68. The van der Waals surface area contributed by atoms with Crippen LogP contribution >= 0.6 is 0 Å². The number of carbonyl (C=O) groups excluding carboxylic acids is 1. The standard InChI is InChI=1S/C20H18F3NO4/c1-26-18-9-13-7-8-24-16(15(13)10-19(18)27-2)11-17(25)12-3-5-14(6-4-12)28-20(21,22)23/h3-6,9-11,24H,7-8H2,1-2H3/b16-11-. The van der Waals surface area contributed by atoms with Gasteiger partial charge in [-0.1, -0.05) is 0 Å². The van der Waals surface area contributed by atoms with Crippen molar-refractivity contribution in [3.8, 4) is 17.2 Å². The average Bonchev–Trinajstić information content (AvgIpc) is 2.66. The lowest BCUT2D eigenvalue weighted by atomic mass is 9.95. The van der Waals surface area contributed by atoms with E-state index in [1.807, 2.05) is 6.07 Å². The van der Waals surface area contributed by atoms with Crippen molar-refractivity contribution in [1.82, 2.24) is 5.32 Å². The molecular formula is C20H18F3NO4. The Hall–Kier alpha value is -3.16. The number of fused-ring (bicyclic) bond motifs is 1. The number of nitrogens with one attached hydrogen (secondary N) is 1. The number of ketones is 1. The molecule has 3 rings (SSSR count). The second-order valence-electron chi connectivity index (χ2n) is 6.04. The fourth-order valence-corrected chi connectivity index (χ4v) is 2.97. The third-order valence-corrected chi connectivity index (χ3v) is 4.26. The van der Waals surface area contributed by atoms with Gasteiger partial charge in [0.2, 0.25) is 0 Å². The molecule has 5 nitrogen and oxygen atoms in total. The van der Waals surface area contributed by atoms with Crippen LogP contribution in [0.2, 0.25) is 0 Å². The molecule has 0 aromatic heterocycles. The van der Waals surface area contributed by atoms with Crippen LogP contribution in [0.5, 0.6) is 17.2 Å². The second kappa shape index (κ2) is 7.84. The van der Waals surface area contributed by atoms with E-state index in [4.69, 9.17) is 9.47 Å². The molecule has 0 amide bonds. The molecule has 0 spiro atoms. The number of hydrogen-bond acceptors (Lipinski definition) is 5. The highest BCUT2D eigenvalue weighted by atomic mass is 19.4. The predicted octanol–water partition coefficient (Wildman–Crippen LogP) is 3.97. The van der Waals surface area contributed by atoms with Crippen LogP contribution in [0.1, 0.15) is 21.5 Å². The van der Waals surface area contributed by atoms with Gasteiger partial charge in [-0.05, 0) is 48.4 Å². The van der Waals surface area contributed by atoms with Crippen LogP contribution in [0.15, 0.2) is 42.5 Å². The van der Waals surface area contributed by atoms with Gasteiger partial charge in [-0.2, -0.15) is 0 Å². The molecule has 1 aliphatic heterocycles. The minimum atomic E-state index is -4.77. The smallest absolute Gasteiger partial charge is 0.493 e. The van der Waals surface area contributed by atoms with Crippen molar-refractivity contribution in [3.05, 3.63) is 59.2 Å². The fraction of sp³-hybridized carbons (Fsp3) is 0.250. The molecule has 0 radical (unpaired) electrons. The van der Waals surface area contributed by atoms with Gasteiger partial charge < -0.3 is 19.5 Å². The SMILES string of the molecule is COc1cc2c(cc1OC)/C(=C/C(=O)c1ccc(OC(F)(F)F)cc1)NCC2. The monoisotopic (exact) mass is 393 g/mol. The molecule has 28 heavy (non-hydrogen) atoms. The van der Waals surface area contributed by atoms with Crippen LogP contribution in [-0.2, 0) is 6.42 Å². The second-order valence-corrected chi connectivity index (χ2v) is 6.04. The summed E-state index contributed by atoms with van der Waals surface area (Å²) >= 11 is 0. The van der Waals surface area contributed by atoms with Gasteiger partial charge >= 0.3 is 6.36 Å². The maximum absolute atomic E-state index is 12.6. The highest BCUT2D eigenvalue weighted by Gasteiger charge is 2.31. The molecule has 148 valence electrons. The predicted molar refractivity (Wildman–Crippen MR) is 96.7 cm³/mol. The van der Waals surface area contributed by atoms with Crippen molar-refractivity contribution < 1.29 is 32.2 Å². The van der Waals surface area contributed by atoms with Crippen LogP contribution in [-0.4, -0.2) is 32.9 Å². The molecule has 0 bridgehead atoms. The summed E-state index contributed by atoms with van der Waals surface area (Å²) in [6, 6.07) is 8.46. The van der Waals surface area contributed by atoms with Crippen molar-refractivity contribution in [2.75, 3.05) is 20.8 Å². The van der Waals surface area contributed by atoms with Crippen LogP contribution in [0.25, 0.3) is 5.70 Å². The van der Waals surface area contributed by atoms with Gasteiger partial charge in [-0.3, -0.25) is 4.79 Å². The number of allylic oxidation sites excluding steroid dienone is 1. The molecule has 0 aliphatic carbocycles. The van der Waals surface area contributed by atoms with Gasteiger partial charge in [0, 0.05) is 29.4 Å². The lowest BCUT2D eigenvalue weighted by Crippen LogP contribution is -2.23. The number of rotatable bonds is 5. The van der Waals surface area contributed by atoms with E-state index in [2.05, 4.69) is 10.1 Å². The zero-order valence-electron chi connectivity index (χ0n) is 15.2. The fourth-order valence-electron chi connectivity index (χ4n) is 2.97. The Morgan fingerprint density at radius 3 is 2.32 bits per heavy atom. The average molecular weight is 393 g/mol. The number of halogens is 3. The zero-order chi connectivity index (χ0) is 20.3. The van der Waals surface area contributed by atoms with Gasteiger partial charge in [0.05, 0.1) is 14.2 Å². The van der Waals surface area contributed by atoms with Crippen molar-refractivity contribution in [2.45, 2.75) is 12.8 Å². The van der Waals surface area contributed by atoms with E-state index >= 15 is 0 Å². The van der Waals surface area contributed by atoms with Crippen LogP contribution in [0.4, 0.5) is 13.2 Å². The van der Waals surface area contributed by atoms with Gasteiger partial charge in [0.25, 0.3) is 0 Å². The van der Waals surface area contributed by atoms with Crippen molar-refractivity contribution >= 4 is 11.5 Å². The molecule has 8 heteroatoms. The van der Waals surface area contributed by atoms with Crippen LogP contribution < -0.4 is 19.5 Å². The first kappa shape index (κ1) is 19.6. The first-order valence-electron chi connectivity index (χ1n) is 8.41. The van der Waals surface area contributed by atoms with Gasteiger partial charge in [-0.25, -0.2) is 0 Å². The Bertz CT molecular complexity index is 905. The van der Waals surface area contributed by atoms with Crippen molar-refractivity contribution in [1.29, 1.82) is 0 Å². The quantitative estimate of drug-likeness (QED) is 0.615. The number of ether oxygens (including phenoxy) is 3. The molecule has 1 aliphatic rings. The number of methoxy groups -OCH3 is 2. The summed E-state index contributed by atoms with van der Waals surface area (Å²) in [4.78, 5) is 12.6. The summed E-state index contributed by atoms with van der Waals surface area (Å²) in [6.07, 6.45) is -2.60. The molecule has 0 fully saturated rings. The molecule has 0 unspecified atom stereocenters. The van der Waals surface area contributed by atoms with Crippen molar-refractivity contribution in [3.63, 3.8) is 0 Å². The van der Waals surface area contributed by atoms with Gasteiger partial charge in [-0.15, -0.1) is 13.2 Å². The number of benzene rings is 2. The third kappa shape index (κ3) is 4.39. The van der Waals surface area contributed by atoms with Crippen LogP contribution in [0.3, 0.4) is 0 Å². The van der Waals surface area contributed by atoms with E-state index in [-0.39, 0.29) is 17.1 Å². The maximum atomic E-state index is 12.6. The molecule has 0 atom stereocenters. The van der Waals surface area contributed by atoms with E-state index in [9.17, 15) is 18.0 Å². The number of hydrogen-bond donors (Lipinski definition) is 1. The van der Waals surface area contributed by atoms with Gasteiger partial charge in [0.1, 0.15) is 5.75 Å². The summed E-state index contributed by atoms with van der Waals surface area (Å²) in [5.74, 6) is 0.421. The topological polar surface area (TPSA) is 56.8 Å². The first-order valence-corrected chi connectivity index (χ1v) is 8.41. The molecule has 0 saturated heterocycles. The van der Waals surface area contributed by atoms with Crippen LogP contribution in [0, 0.1) is 0 Å². The molecular weight excluding hydrogens is 375 g/mol. The van der Waals surface area contributed by atoms with E-state index < -0.39 is 6.36 Å². The lowest BCUT2D eigenvalue weighted by Gasteiger charge is -2.23. The van der Waals surface area contributed by atoms with E-state index in [0.29, 0.717) is 23.7 Å². The Morgan fingerprint density at radius 1 is 1.07 bits per heavy atom. The van der Waals surface area contributed by atoms with E-state index in [0.717, 1.165) is 29.7 Å². The van der Waals surface area contributed by atoms with Gasteiger partial charge in [0.15, 0.2) is 17.3 Å². The lowest BCUT2D eigenvalue weighted by molar-refractivity contribution is -0.274. The Morgan fingerprint density at radius 2 is 1.71 bits per heavy atom. The zero-order valence-corrected chi connectivity index (χ0v) is 15.2. The highest BCUT2D eigenvalue weighted by molar-refractivity contribution is 6.08. The first-order chi connectivity index (χ1) is 13.3. The Labute approximate surface area is 159 Å². The molecule has 1 N–H and O–H groups in total. The summed E-state index contributed by atoms with van der Waals surface area (Å²) in [6.45, 7) is 0.639. The maximum Gasteiger partial charge on any atom is 0.573 e. The Balaban J connectivity index is 1.87. The van der Waals surface area contributed by atoms with E-state index in [1.54, 1.807) is 13.2 Å². The summed E-state index contributed by atoms with van der Waals surface area (Å²) in [7, 11) is 3.08. The van der Waals surface area contributed by atoms with E-state index in [1.165, 1.54) is 25.3 Å². The summed E-state index contributed by atoms with van der Waals surface area (Å²) < 4.78 is 51.2. The minimum Gasteiger partial charge on any atom is -0.493 e. The van der Waals surface area contributed by atoms with Crippen molar-refractivity contribution in [2.24, 2.45) is 0 Å². The molecule has 2 aromatic carbocycles. The molecule has 0 saturated carbocycles. The number of carbonyl (C=O) groups is 1. The third-order valence-electron chi connectivity index (χ3n) is 4.26. The molecule has 1 heterocycles. The minimum absolute atomic E-state index is 0.247. The Kier molecular flexibility index (Phi) is 5.48. The normalized spacial score (nSPS) is 14.8. The highest BCUT2D eigenvalue weighted by Crippen LogP contribution is 2.35. The largest absolute Gasteiger partial charge is 0.573 e. The summed E-state index contributed by atoms with van der Waals surface area (Å²) in [5, 5.41) is 3.18. The number of alkyl halides is 3. The molecule has 2 aromatic rings.